The molecule has 0 aromatic carbocycles. The van der Waals surface area contributed by atoms with Crippen molar-refractivity contribution in [2.24, 2.45) is 4.99 Å². The number of nitrogens with zero attached hydrogens (tertiary/aromatic N) is 3. The van der Waals surface area contributed by atoms with Gasteiger partial charge in [0.25, 0.3) is 0 Å². The summed E-state index contributed by atoms with van der Waals surface area (Å²) >= 11 is 1.81. The van der Waals surface area contributed by atoms with E-state index in [0.717, 1.165) is 12.5 Å². The Kier molecular flexibility index (Phi) is 8.39. The van der Waals surface area contributed by atoms with E-state index in [1.165, 1.54) is 0 Å². The first kappa shape index (κ1) is 18.5. The molecule has 6 nitrogen and oxygen atoms in total. The van der Waals surface area contributed by atoms with Gasteiger partial charge >= 0.3 is 0 Å². The fraction of sp³-hybridized carbons (Fsp3) is 0.727. The molecule has 0 aliphatic carbocycles. The van der Waals surface area contributed by atoms with E-state index in [1.54, 1.807) is 14.0 Å². The summed E-state index contributed by atoms with van der Waals surface area (Å²) < 4.78 is 5.06. The first-order chi connectivity index (χ1) is 8.46. The molecule has 0 unspecified atom stereocenters. The normalized spacial score (nSPS) is 11.9. The summed E-state index contributed by atoms with van der Waals surface area (Å²) in [7, 11) is 1.74. The van der Waals surface area contributed by atoms with Gasteiger partial charge in [-0.2, -0.15) is 16.7 Å². The van der Waals surface area contributed by atoms with Gasteiger partial charge in [-0.25, -0.2) is 0 Å². The Hall–Kier alpha value is -0.510. The first-order valence-corrected chi connectivity index (χ1v) is 6.98. The second-order valence-corrected chi connectivity index (χ2v) is 5.99. The van der Waals surface area contributed by atoms with Crippen LogP contribution in [0.3, 0.4) is 0 Å². The molecule has 0 fully saturated rings. The predicted octanol–water partition coefficient (Wildman–Crippen LogP) is 1.80. The maximum absolute atomic E-state index is 4.90. The third kappa shape index (κ3) is 7.00. The zero-order chi connectivity index (χ0) is 13.6. The third-order valence-electron chi connectivity index (χ3n) is 2.44. The molecule has 0 spiro atoms. The summed E-state index contributed by atoms with van der Waals surface area (Å²) in [6.45, 7) is 7.46. The van der Waals surface area contributed by atoms with Crippen LogP contribution in [0.2, 0.25) is 0 Å². The predicted molar refractivity (Wildman–Crippen MR) is 90.2 cm³/mol. The van der Waals surface area contributed by atoms with Crippen molar-refractivity contribution in [3.8, 4) is 0 Å². The fourth-order valence-corrected chi connectivity index (χ4v) is 1.38. The molecule has 0 amide bonds. The van der Waals surface area contributed by atoms with Crippen molar-refractivity contribution in [3.63, 3.8) is 0 Å². The Morgan fingerprint density at radius 3 is 2.58 bits per heavy atom. The monoisotopic (exact) mass is 399 g/mol. The molecule has 110 valence electrons. The van der Waals surface area contributed by atoms with Crippen LogP contribution in [-0.2, 0) is 6.54 Å². The third-order valence-corrected chi connectivity index (χ3v) is 3.69. The smallest absolute Gasteiger partial charge is 0.223 e. The van der Waals surface area contributed by atoms with Crippen molar-refractivity contribution in [2.75, 3.05) is 19.8 Å². The number of thioether (sulfide) groups is 1. The zero-order valence-electron chi connectivity index (χ0n) is 12.0. The van der Waals surface area contributed by atoms with Crippen LogP contribution < -0.4 is 10.6 Å². The maximum atomic E-state index is 4.90. The summed E-state index contributed by atoms with van der Waals surface area (Å²) in [6.07, 6.45) is 2.10. The van der Waals surface area contributed by atoms with Gasteiger partial charge in [-0.1, -0.05) is 5.16 Å². The Balaban J connectivity index is 0.00000324. The first-order valence-electron chi connectivity index (χ1n) is 5.75. The molecule has 0 radical (unpaired) electrons. The van der Waals surface area contributed by atoms with Crippen molar-refractivity contribution >= 4 is 41.7 Å². The standard InChI is InChI=1S/C11H21N5OS.HI/c1-8-15-9(16-17-8)6-13-10(12-4)14-7-11(2,3)18-5;/h6-7H2,1-5H3,(H2,12,13,14);1H. The van der Waals surface area contributed by atoms with Crippen molar-refractivity contribution in [1.82, 2.24) is 20.8 Å². The van der Waals surface area contributed by atoms with Gasteiger partial charge in [0.05, 0.1) is 6.54 Å². The lowest BCUT2D eigenvalue weighted by Gasteiger charge is -2.23. The van der Waals surface area contributed by atoms with Crippen molar-refractivity contribution in [1.29, 1.82) is 0 Å². The lowest BCUT2D eigenvalue weighted by atomic mass is 10.2. The van der Waals surface area contributed by atoms with Crippen LogP contribution in [0.5, 0.6) is 0 Å². The minimum atomic E-state index is 0. The van der Waals surface area contributed by atoms with Gasteiger partial charge < -0.3 is 15.2 Å². The Morgan fingerprint density at radius 1 is 1.42 bits per heavy atom. The van der Waals surface area contributed by atoms with Crippen LogP contribution in [0.1, 0.15) is 25.6 Å². The van der Waals surface area contributed by atoms with Crippen LogP contribution >= 0.6 is 35.7 Å². The lowest BCUT2D eigenvalue weighted by Crippen LogP contribution is -2.43. The number of aryl methyl sites for hydroxylation is 1. The summed E-state index contributed by atoms with van der Waals surface area (Å²) in [5.41, 5.74) is 0. The van der Waals surface area contributed by atoms with E-state index in [0.29, 0.717) is 18.3 Å². The largest absolute Gasteiger partial charge is 0.355 e. The molecule has 1 aromatic heterocycles. The molecular weight excluding hydrogens is 377 g/mol. The number of halogens is 1. The van der Waals surface area contributed by atoms with Crippen LogP contribution in [0, 0.1) is 6.92 Å². The highest BCUT2D eigenvalue weighted by Gasteiger charge is 2.16. The Labute approximate surface area is 135 Å². The van der Waals surface area contributed by atoms with E-state index in [1.807, 2.05) is 11.8 Å². The molecule has 1 heterocycles. The van der Waals surface area contributed by atoms with Crippen LogP contribution in [0.15, 0.2) is 9.52 Å². The maximum Gasteiger partial charge on any atom is 0.223 e. The molecule has 8 heteroatoms. The summed E-state index contributed by atoms with van der Waals surface area (Å²) in [6, 6.07) is 0. The Morgan fingerprint density at radius 2 is 2.11 bits per heavy atom. The fourth-order valence-electron chi connectivity index (χ4n) is 1.17. The quantitative estimate of drug-likeness (QED) is 0.447. The molecule has 19 heavy (non-hydrogen) atoms. The molecule has 0 saturated carbocycles. The van der Waals surface area contributed by atoms with Gasteiger partial charge in [0.15, 0.2) is 11.8 Å². The highest BCUT2D eigenvalue weighted by Crippen LogP contribution is 2.19. The van der Waals surface area contributed by atoms with Crippen LogP contribution in [-0.4, -0.2) is 40.7 Å². The molecular formula is C11H22IN5OS. The lowest BCUT2D eigenvalue weighted by molar-refractivity contribution is 0.386. The molecule has 0 atom stereocenters. The molecule has 1 aromatic rings. The van der Waals surface area contributed by atoms with E-state index in [4.69, 9.17) is 4.52 Å². The molecule has 0 aliphatic rings. The molecule has 0 saturated heterocycles. The number of rotatable bonds is 5. The minimum Gasteiger partial charge on any atom is -0.355 e. The topological polar surface area (TPSA) is 75.3 Å². The van der Waals surface area contributed by atoms with Gasteiger partial charge in [-0.15, -0.1) is 24.0 Å². The van der Waals surface area contributed by atoms with Crippen LogP contribution in [0.25, 0.3) is 0 Å². The summed E-state index contributed by atoms with van der Waals surface area (Å²) in [4.78, 5) is 8.26. The van der Waals surface area contributed by atoms with E-state index >= 15 is 0 Å². The van der Waals surface area contributed by atoms with Crippen molar-refractivity contribution in [3.05, 3.63) is 11.7 Å². The van der Waals surface area contributed by atoms with Gasteiger partial charge in [0, 0.05) is 25.3 Å². The van der Waals surface area contributed by atoms with Gasteiger partial charge in [0.1, 0.15) is 0 Å². The van der Waals surface area contributed by atoms with Gasteiger partial charge in [0.2, 0.25) is 5.89 Å². The van der Waals surface area contributed by atoms with Gasteiger partial charge in [-0.05, 0) is 20.1 Å². The zero-order valence-corrected chi connectivity index (χ0v) is 15.1. The van der Waals surface area contributed by atoms with Crippen molar-refractivity contribution in [2.45, 2.75) is 32.1 Å². The average molecular weight is 399 g/mol. The molecule has 2 N–H and O–H groups in total. The molecule has 0 bridgehead atoms. The second-order valence-electron chi connectivity index (χ2n) is 4.47. The highest BCUT2D eigenvalue weighted by atomic mass is 127. The number of guanidine groups is 1. The average Bonchev–Trinajstić information content (AvgIpc) is 2.75. The summed E-state index contributed by atoms with van der Waals surface area (Å²) in [5.74, 6) is 1.93. The number of hydrogen-bond donors (Lipinski definition) is 2. The summed E-state index contributed by atoms with van der Waals surface area (Å²) in [5, 5.41) is 10.2. The van der Waals surface area contributed by atoms with E-state index in [9.17, 15) is 0 Å². The number of nitrogens with one attached hydrogen (secondary N) is 2. The molecule has 1 rings (SSSR count). The molecule has 0 aliphatic heterocycles. The second kappa shape index (κ2) is 8.62. The SMILES string of the molecule is CN=C(NCc1noc(C)n1)NCC(C)(C)SC.I. The van der Waals surface area contributed by atoms with E-state index in [2.05, 4.69) is 45.9 Å². The van der Waals surface area contributed by atoms with E-state index < -0.39 is 0 Å². The van der Waals surface area contributed by atoms with Crippen molar-refractivity contribution < 1.29 is 4.52 Å². The number of aromatic nitrogens is 2. The van der Waals surface area contributed by atoms with Gasteiger partial charge in [-0.3, -0.25) is 4.99 Å². The number of hydrogen-bond acceptors (Lipinski definition) is 5. The minimum absolute atomic E-state index is 0. The Bertz CT molecular complexity index is 408. The number of aliphatic imine (C=N–C) groups is 1. The highest BCUT2D eigenvalue weighted by molar-refractivity contribution is 14.0. The van der Waals surface area contributed by atoms with E-state index in [-0.39, 0.29) is 28.7 Å². The van der Waals surface area contributed by atoms with Crippen LogP contribution in [0.4, 0.5) is 0 Å².